The number of allylic oxidation sites excluding steroid dienone is 2. The molecule has 3 nitrogen and oxygen atoms in total. The minimum absolute atomic E-state index is 0.0865. The fraction of sp³-hybridized carbons (Fsp3) is 0.667. The van der Waals surface area contributed by atoms with E-state index in [0.717, 1.165) is 25.3 Å². The van der Waals surface area contributed by atoms with Gasteiger partial charge in [-0.1, -0.05) is 6.92 Å². The van der Waals surface area contributed by atoms with E-state index in [1.54, 1.807) is 13.0 Å². The predicted octanol–water partition coefficient (Wildman–Crippen LogP) is 0.678. The number of carbonyl (C=O) groups excluding carboxylic acids is 1. The van der Waals surface area contributed by atoms with Crippen LogP contribution in [0, 0.1) is 0 Å². The molecule has 0 spiro atoms. The van der Waals surface area contributed by atoms with Crippen molar-refractivity contribution in [3.63, 3.8) is 0 Å². The summed E-state index contributed by atoms with van der Waals surface area (Å²) < 4.78 is 0. The molecule has 0 radical (unpaired) electrons. The molecular weight excluding hydrogens is 152 g/mol. The zero-order valence-electron chi connectivity index (χ0n) is 8.11. The lowest BCUT2D eigenvalue weighted by molar-refractivity contribution is -0.112. The first kappa shape index (κ1) is 11.2. The Kier molecular flexibility index (Phi) is 6.38. The van der Waals surface area contributed by atoms with Crippen LogP contribution in [0.4, 0.5) is 0 Å². The molecule has 3 heteroatoms. The van der Waals surface area contributed by atoms with Gasteiger partial charge < -0.3 is 10.6 Å². The third kappa shape index (κ3) is 7.28. The minimum atomic E-state index is 0.0865. The monoisotopic (exact) mass is 170 g/mol. The van der Waals surface area contributed by atoms with Gasteiger partial charge in [0, 0.05) is 18.8 Å². The van der Waals surface area contributed by atoms with Gasteiger partial charge in [0.1, 0.15) is 0 Å². The number of rotatable bonds is 6. The molecule has 2 N–H and O–H groups in total. The second-order valence-corrected chi connectivity index (χ2v) is 2.72. The van der Waals surface area contributed by atoms with Crippen molar-refractivity contribution in [1.29, 1.82) is 0 Å². The van der Waals surface area contributed by atoms with Gasteiger partial charge in [0.05, 0.1) is 0 Å². The summed E-state index contributed by atoms with van der Waals surface area (Å²) in [6, 6.07) is 0. The Hall–Kier alpha value is -0.830. The Balaban J connectivity index is 3.43. The average molecular weight is 170 g/mol. The van der Waals surface area contributed by atoms with Gasteiger partial charge >= 0.3 is 0 Å². The lowest BCUT2D eigenvalue weighted by Gasteiger charge is -2.05. The standard InChI is InChI=1S/C9H18N2O/c1-4-10-5-6-11-8(2)7-9(3)12/h7,10-11H,4-6H2,1-3H3/b8-7+. The van der Waals surface area contributed by atoms with Crippen molar-refractivity contribution in [3.8, 4) is 0 Å². The molecular formula is C9H18N2O. The summed E-state index contributed by atoms with van der Waals surface area (Å²) in [5.41, 5.74) is 0.931. The highest BCUT2D eigenvalue weighted by Gasteiger charge is 1.89. The normalized spacial score (nSPS) is 11.4. The van der Waals surface area contributed by atoms with Crippen LogP contribution >= 0.6 is 0 Å². The summed E-state index contributed by atoms with van der Waals surface area (Å²) in [5, 5.41) is 6.31. The van der Waals surface area contributed by atoms with Crippen molar-refractivity contribution < 1.29 is 4.79 Å². The summed E-state index contributed by atoms with van der Waals surface area (Å²) in [5.74, 6) is 0.0865. The molecule has 0 saturated heterocycles. The van der Waals surface area contributed by atoms with Gasteiger partial charge in [-0.05, 0) is 26.5 Å². The maximum Gasteiger partial charge on any atom is 0.154 e. The topological polar surface area (TPSA) is 41.1 Å². The zero-order valence-corrected chi connectivity index (χ0v) is 8.11. The second kappa shape index (κ2) is 6.85. The van der Waals surface area contributed by atoms with Crippen molar-refractivity contribution in [2.45, 2.75) is 20.8 Å². The SMILES string of the molecule is CCNCCN/C(C)=C/C(C)=O. The Bertz CT molecular complexity index is 164. The van der Waals surface area contributed by atoms with Crippen molar-refractivity contribution in [1.82, 2.24) is 10.6 Å². The summed E-state index contributed by atoms with van der Waals surface area (Å²) in [4.78, 5) is 10.6. The molecule has 0 saturated carbocycles. The van der Waals surface area contributed by atoms with Crippen molar-refractivity contribution in [2.75, 3.05) is 19.6 Å². The Morgan fingerprint density at radius 2 is 2.00 bits per heavy atom. The van der Waals surface area contributed by atoms with Gasteiger partial charge in [0.25, 0.3) is 0 Å². The summed E-state index contributed by atoms with van der Waals surface area (Å²) in [6.45, 7) is 8.29. The van der Waals surface area contributed by atoms with E-state index < -0.39 is 0 Å². The third-order valence-corrected chi connectivity index (χ3v) is 1.38. The molecule has 0 aliphatic carbocycles. The van der Waals surface area contributed by atoms with Crippen LogP contribution in [-0.4, -0.2) is 25.4 Å². The average Bonchev–Trinajstić information content (AvgIpc) is 1.97. The highest BCUT2D eigenvalue weighted by Crippen LogP contribution is 1.85. The molecule has 12 heavy (non-hydrogen) atoms. The van der Waals surface area contributed by atoms with E-state index in [0.29, 0.717) is 0 Å². The predicted molar refractivity (Wildman–Crippen MR) is 51.0 cm³/mol. The van der Waals surface area contributed by atoms with Crippen LogP contribution in [0.15, 0.2) is 11.8 Å². The van der Waals surface area contributed by atoms with Crippen LogP contribution in [0.1, 0.15) is 20.8 Å². The second-order valence-electron chi connectivity index (χ2n) is 2.72. The molecule has 0 rings (SSSR count). The van der Waals surface area contributed by atoms with Crippen molar-refractivity contribution in [2.24, 2.45) is 0 Å². The van der Waals surface area contributed by atoms with E-state index in [2.05, 4.69) is 17.6 Å². The fourth-order valence-electron chi connectivity index (χ4n) is 0.881. The Labute approximate surface area is 74.2 Å². The minimum Gasteiger partial charge on any atom is -0.387 e. The van der Waals surface area contributed by atoms with Crippen molar-refractivity contribution in [3.05, 3.63) is 11.8 Å². The molecule has 70 valence electrons. The molecule has 0 unspecified atom stereocenters. The maximum absolute atomic E-state index is 10.6. The highest BCUT2D eigenvalue weighted by atomic mass is 16.1. The van der Waals surface area contributed by atoms with Crippen LogP contribution < -0.4 is 10.6 Å². The van der Waals surface area contributed by atoms with E-state index in [9.17, 15) is 4.79 Å². The summed E-state index contributed by atoms with van der Waals surface area (Å²) in [6.07, 6.45) is 1.60. The summed E-state index contributed by atoms with van der Waals surface area (Å²) in [7, 11) is 0. The number of carbonyl (C=O) groups is 1. The molecule has 0 aliphatic rings. The van der Waals surface area contributed by atoms with Gasteiger partial charge in [0.15, 0.2) is 5.78 Å². The molecule has 0 aromatic heterocycles. The number of hydrogen-bond donors (Lipinski definition) is 2. The Morgan fingerprint density at radius 1 is 1.33 bits per heavy atom. The maximum atomic E-state index is 10.6. The fourth-order valence-corrected chi connectivity index (χ4v) is 0.881. The van der Waals surface area contributed by atoms with Gasteiger partial charge in [-0.25, -0.2) is 0 Å². The van der Waals surface area contributed by atoms with Crippen LogP contribution in [0.25, 0.3) is 0 Å². The van der Waals surface area contributed by atoms with Gasteiger partial charge in [-0.15, -0.1) is 0 Å². The molecule has 0 atom stereocenters. The highest BCUT2D eigenvalue weighted by molar-refractivity contribution is 5.87. The van der Waals surface area contributed by atoms with Crippen LogP contribution in [-0.2, 0) is 4.79 Å². The number of nitrogens with one attached hydrogen (secondary N) is 2. The largest absolute Gasteiger partial charge is 0.387 e. The Morgan fingerprint density at radius 3 is 2.50 bits per heavy atom. The number of hydrogen-bond acceptors (Lipinski definition) is 3. The molecule has 0 bridgehead atoms. The van der Waals surface area contributed by atoms with E-state index in [1.807, 2.05) is 6.92 Å². The first-order valence-corrected chi connectivity index (χ1v) is 4.30. The van der Waals surface area contributed by atoms with Crippen molar-refractivity contribution >= 4 is 5.78 Å². The molecule has 0 fully saturated rings. The number of ketones is 1. The lowest BCUT2D eigenvalue weighted by Crippen LogP contribution is -2.26. The molecule has 0 aromatic rings. The quantitative estimate of drug-likeness (QED) is 0.455. The van der Waals surface area contributed by atoms with Gasteiger partial charge in [0.2, 0.25) is 0 Å². The van der Waals surface area contributed by atoms with Gasteiger partial charge in [-0.2, -0.15) is 0 Å². The molecule has 0 aliphatic heterocycles. The first-order valence-electron chi connectivity index (χ1n) is 4.30. The zero-order chi connectivity index (χ0) is 9.40. The van der Waals surface area contributed by atoms with E-state index in [1.165, 1.54) is 0 Å². The van der Waals surface area contributed by atoms with Crippen LogP contribution in [0.5, 0.6) is 0 Å². The van der Waals surface area contributed by atoms with E-state index in [-0.39, 0.29) is 5.78 Å². The molecule has 0 amide bonds. The summed E-state index contributed by atoms with van der Waals surface area (Å²) >= 11 is 0. The van der Waals surface area contributed by atoms with Gasteiger partial charge in [-0.3, -0.25) is 4.79 Å². The lowest BCUT2D eigenvalue weighted by atomic mass is 10.3. The van der Waals surface area contributed by atoms with Crippen LogP contribution in [0.3, 0.4) is 0 Å². The molecule has 0 heterocycles. The smallest absolute Gasteiger partial charge is 0.154 e. The van der Waals surface area contributed by atoms with E-state index >= 15 is 0 Å². The third-order valence-electron chi connectivity index (χ3n) is 1.38. The van der Waals surface area contributed by atoms with E-state index in [4.69, 9.17) is 0 Å². The number of likely N-dealkylation sites (N-methyl/N-ethyl adjacent to an activating group) is 1. The van der Waals surface area contributed by atoms with Crippen LogP contribution in [0.2, 0.25) is 0 Å². The molecule has 0 aromatic carbocycles. The first-order chi connectivity index (χ1) is 5.66.